The SMILES string of the molecule is COc1ccc(COCCNC(C)C)cc1. The van der Waals surface area contributed by atoms with Crippen LogP contribution < -0.4 is 10.1 Å². The molecule has 0 amide bonds. The van der Waals surface area contributed by atoms with Gasteiger partial charge in [0.15, 0.2) is 0 Å². The molecule has 1 aromatic rings. The molecular formula is C13H21NO2. The fourth-order valence-corrected chi connectivity index (χ4v) is 1.33. The predicted octanol–water partition coefficient (Wildman–Crippen LogP) is 2.21. The molecule has 3 nitrogen and oxygen atoms in total. The van der Waals surface area contributed by atoms with E-state index < -0.39 is 0 Å². The minimum atomic E-state index is 0.518. The zero-order chi connectivity index (χ0) is 11.8. The van der Waals surface area contributed by atoms with Gasteiger partial charge in [-0.2, -0.15) is 0 Å². The van der Waals surface area contributed by atoms with E-state index in [1.54, 1.807) is 7.11 Å². The Balaban J connectivity index is 2.16. The number of rotatable bonds is 7. The van der Waals surface area contributed by atoms with Crippen LogP contribution in [0.2, 0.25) is 0 Å². The van der Waals surface area contributed by atoms with Crippen molar-refractivity contribution < 1.29 is 9.47 Å². The summed E-state index contributed by atoms with van der Waals surface area (Å²) in [6, 6.07) is 8.46. The first-order valence-corrected chi connectivity index (χ1v) is 5.66. The second kappa shape index (κ2) is 7.25. The van der Waals surface area contributed by atoms with E-state index in [4.69, 9.17) is 9.47 Å². The highest BCUT2D eigenvalue weighted by atomic mass is 16.5. The van der Waals surface area contributed by atoms with Crippen molar-refractivity contribution >= 4 is 0 Å². The largest absolute Gasteiger partial charge is 0.497 e. The summed E-state index contributed by atoms with van der Waals surface area (Å²) < 4.78 is 10.6. The summed E-state index contributed by atoms with van der Waals surface area (Å²) in [6.45, 7) is 6.55. The Morgan fingerprint density at radius 1 is 1.19 bits per heavy atom. The quantitative estimate of drug-likeness (QED) is 0.719. The van der Waals surface area contributed by atoms with Gasteiger partial charge in [0.05, 0.1) is 20.3 Å². The second-order valence-electron chi connectivity index (χ2n) is 4.01. The second-order valence-corrected chi connectivity index (χ2v) is 4.01. The summed E-state index contributed by atoms with van der Waals surface area (Å²) in [5, 5.41) is 3.30. The molecule has 0 aromatic heterocycles. The topological polar surface area (TPSA) is 30.5 Å². The molecule has 90 valence electrons. The van der Waals surface area contributed by atoms with Crippen molar-refractivity contribution in [2.45, 2.75) is 26.5 Å². The number of ether oxygens (including phenoxy) is 2. The van der Waals surface area contributed by atoms with E-state index in [-0.39, 0.29) is 0 Å². The smallest absolute Gasteiger partial charge is 0.118 e. The lowest BCUT2D eigenvalue weighted by Crippen LogP contribution is -2.26. The maximum atomic E-state index is 5.54. The van der Waals surface area contributed by atoms with E-state index in [0.29, 0.717) is 12.6 Å². The maximum absolute atomic E-state index is 5.54. The molecule has 1 rings (SSSR count). The van der Waals surface area contributed by atoms with E-state index in [1.807, 2.05) is 24.3 Å². The normalized spacial score (nSPS) is 10.8. The van der Waals surface area contributed by atoms with Crippen LogP contribution in [0, 0.1) is 0 Å². The van der Waals surface area contributed by atoms with Gasteiger partial charge in [0, 0.05) is 12.6 Å². The van der Waals surface area contributed by atoms with E-state index in [1.165, 1.54) is 5.56 Å². The van der Waals surface area contributed by atoms with Crippen molar-refractivity contribution in [2.24, 2.45) is 0 Å². The fourth-order valence-electron chi connectivity index (χ4n) is 1.33. The van der Waals surface area contributed by atoms with E-state index >= 15 is 0 Å². The Morgan fingerprint density at radius 3 is 2.44 bits per heavy atom. The highest BCUT2D eigenvalue weighted by molar-refractivity contribution is 5.26. The zero-order valence-corrected chi connectivity index (χ0v) is 10.3. The number of nitrogens with one attached hydrogen (secondary N) is 1. The fraction of sp³-hybridized carbons (Fsp3) is 0.538. The molecule has 0 radical (unpaired) electrons. The Morgan fingerprint density at radius 2 is 1.88 bits per heavy atom. The number of methoxy groups -OCH3 is 1. The first kappa shape index (κ1) is 13.0. The van der Waals surface area contributed by atoms with Crippen LogP contribution in [0.3, 0.4) is 0 Å². The van der Waals surface area contributed by atoms with Crippen molar-refractivity contribution in [3.8, 4) is 5.75 Å². The minimum Gasteiger partial charge on any atom is -0.497 e. The average molecular weight is 223 g/mol. The van der Waals surface area contributed by atoms with E-state index in [0.717, 1.165) is 18.9 Å². The average Bonchev–Trinajstić information content (AvgIpc) is 2.29. The van der Waals surface area contributed by atoms with Crippen molar-refractivity contribution in [2.75, 3.05) is 20.3 Å². The molecule has 0 aliphatic rings. The third-order valence-electron chi connectivity index (χ3n) is 2.23. The van der Waals surface area contributed by atoms with Gasteiger partial charge in [0.2, 0.25) is 0 Å². The molecule has 0 heterocycles. The van der Waals surface area contributed by atoms with Crippen LogP contribution >= 0.6 is 0 Å². The van der Waals surface area contributed by atoms with Crippen LogP contribution in [0.5, 0.6) is 5.75 Å². The summed E-state index contributed by atoms with van der Waals surface area (Å²) in [4.78, 5) is 0. The molecule has 1 N–H and O–H groups in total. The zero-order valence-electron chi connectivity index (χ0n) is 10.3. The van der Waals surface area contributed by atoms with Crippen LogP contribution in [0.1, 0.15) is 19.4 Å². The van der Waals surface area contributed by atoms with Gasteiger partial charge in [-0.1, -0.05) is 26.0 Å². The van der Waals surface area contributed by atoms with Crippen molar-refractivity contribution in [3.05, 3.63) is 29.8 Å². The summed E-state index contributed by atoms with van der Waals surface area (Å²) >= 11 is 0. The van der Waals surface area contributed by atoms with Crippen LogP contribution in [0.4, 0.5) is 0 Å². The molecule has 16 heavy (non-hydrogen) atoms. The molecule has 0 unspecified atom stereocenters. The maximum Gasteiger partial charge on any atom is 0.118 e. The van der Waals surface area contributed by atoms with Crippen molar-refractivity contribution in [3.63, 3.8) is 0 Å². The minimum absolute atomic E-state index is 0.518. The van der Waals surface area contributed by atoms with Gasteiger partial charge in [0.1, 0.15) is 5.75 Å². The Hall–Kier alpha value is -1.06. The molecule has 0 atom stereocenters. The van der Waals surface area contributed by atoms with E-state index in [9.17, 15) is 0 Å². The summed E-state index contributed by atoms with van der Waals surface area (Å²) in [5.41, 5.74) is 1.17. The van der Waals surface area contributed by atoms with Gasteiger partial charge in [-0.15, -0.1) is 0 Å². The molecule has 0 bridgehead atoms. The third kappa shape index (κ3) is 5.14. The predicted molar refractivity (Wildman–Crippen MR) is 65.8 cm³/mol. The molecule has 0 aliphatic heterocycles. The van der Waals surface area contributed by atoms with Gasteiger partial charge in [-0.3, -0.25) is 0 Å². The molecule has 3 heteroatoms. The van der Waals surface area contributed by atoms with E-state index in [2.05, 4.69) is 19.2 Å². The number of hydrogen-bond donors (Lipinski definition) is 1. The van der Waals surface area contributed by atoms with Crippen LogP contribution in [-0.4, -0.2) is 26.3 Å². The first-order chi connectivity index (χ1) is 7.72. The lowest BCUT2D eigenvalue weighted by Gasteiger charge is -2.08. The monoisotopic (exact) mass is 223 g/mol. The lowest BCUT2D eigenvalue weighted by molar-refractivity contribution is 0.121. The molecule has 0 saturated heterocycles. The first-order valence-electron chi connectivity index (χ1n) is 5.66. The van der Waals surface area contributed by atoms with Gasteiger partial charge in [0.25, 0.3) is 0 Å². The molecule has 1 aromatic carbocycles. The third-order valence-corrected chi connectivity index (χ3v) is 2.23. The van der Waals surface area contributed by atoms with Crippen LogP contribution in [0.15, 0.2) is 24.3 Å². The highest BCUT2D eigenvalue weighted by Gasteiger charge is 1.95. The van der Waals surface area contributed by atoms with Crippen molar-refractivity contribution in [1.82, 2.24) is 5.32 Å². The number of hydrogen-bond acceptors (Lipinski definition) is 3. The lowest BCUT2D eigenvalue weighted by atomic mass is 10.2. The Labute approximate surface area is 97.8 Å². The van der Waals surface area contributed by atoms with Gasteiger partial charge < -0.3 is 14.8 Å². The van der Waals surface area contributed by atoms with Crippen LogP contribution in [-0.2, 0) is 11.3 Å². The van der Waals surface area contributed by atoms with Gasteiger partial charge >= 0.3 is 0 Å². The molecule has 0 spiro atoms. The molecular weight excluding hydrogens is 202 g/mol. The Bertz CT molecular complexity index is 282. The van der Waals surface area contributed by atoms with Gasteiger partial charge in [-0.05, 0) is 17.7 Å². The van der Waals surface area contributed by atoms with Crippen LogP contribution in [0.25, 0.3) is 0 Å². The molecule has 0 fully saturated rings. The molecule has 0 aliphatic carbocycles. The number of benzene rings is 1. The summed E-state index contributed by atoms with van der Waals surface area (Å²) in [5.74, 6) is 0.880. The summed E-state index contributed by atoms with van der Waals surface area (Å²) in [7, 11) is 1.67. The highest BCUT2D eigenvalue weighted by Crippen LogP contribution is 2.11. The standard InChI is InChI=1S/C13H21NO2/c1-11(2)14-8-9-16-10-12-4-6-13(15-3)7-5-12/h4-7,11,14H,8-10H2,1-3H3. The van der Waals surface area contributed by atoms with Crippen molar-refractivity contribution in [1.29, 1.82) is 0 Å². The molecule has 0 saturated carbocycles. The van der Waals surface area contributed by atoms with Gasteiger partial charge in [-0.25, -0.2) is 0 Å². The Kier molecular flexibility index (Phi) is 5.90. The summed E-state index contributed by atoms with van der Waals surface area (Å²) in [6.07, 6.45) is 0.